The Balaban J connectivity index is 1.94. The second-order valence-electron chi connectivity index (χ2n) is 6.38. The van der Waals surface area contributed by atoms with Crippen LogP contribution < -0.4 is 0 Å². The zero-order valence-electron chi connectivity index (χ0n) is 15.7. The molecule has 28 heavy (non-hydrogen) atoms. The monoisotopic (exact) mass is 420 g/mol. The SMILES string of the molecule is O=C(OC(C/C=C/CS(=O)(=O)c1ccccc1)CCCCCl)c1ccccc1. The summed E-state index contributed by atoms with van der Waals surface area (Å²) in [5.41, 5.74) is 0.500. The van der Waals surface area contributed by atoms with E-state index in [2.05, 4.69) is 0 Å². The van der Waals surface area contributed by atoms with E-state index >= 15 is 0 Å². The van der Waals surface area contributed by atoms with Gasteiger partial charge in [-0.25, -0.2) is 13.2 Å². The number of hydrogen-bond donors (Lipinski definition) is 0. The van der Waals surface area contributed by atoms with Crippen LogP contribution in [0.5, 0.6) is 0 Å². The van der Waals surface area contributed by atoms with Gasteiger partial charge < -0.3 is 4.74 Å². The van der Waals surface area contributed by atoms with Crippen molar-refractivity contribution in [2.24, 2.45) is 0 Å². The molecule has 0 aliphatic rings. The fourth-order valence-corrected chi connectivity index (χ4v) is 3.99. The molecule has 2 rings (SSSR count). The number of alkyl halides is 1. The molecule has 4 nitrogen and oxygen atoms in total. The Bertz CT molecular complexity index is 849. The summed E-state index contributed by atoms with van der Waals surface area (Å²) in [7, 11) is -3.36. The first-order valence-corrected chi connectivity index (χ1v) is 11.5. The van der Waals surface area contributed by atoms with Crippen molar-refractivity contribution in [1.29, 1.82) is 0 Å². The van der Waals surface area contributed by atoms with Crippen LogP contribution >= 0.6 is 11.6 Å². The molecule has 0 aliphatic carbocycles. The van der Waals surface area contributed by atoms with Gasteiger partial charge >= 0.3 is 5.97 Å². The molecule has 0 fully saturated rings. The number of carbonyl (C=O) groups is 1. The number of ether oxygens (including phenoxy) is 1. The number of halogens is 1. The van der Waals surface area contributed by atoms with Crippen LogP contribution in [0.4, 0.5) is 0 Å². The van der Waals surface area contributed by atoms with Crippen molar-refractivity contribution < 1.29 is 17.9 Å². The Kier molecular flexibility index (Phi) is 9.24. The van der Waals surface area contributed by atoms with Gasteiger partial charge in [0.05, 0.1) is 16.2 Å². The minimum absolute atomic E-state index is 0.0853. The quantitative estimate of drug-likeness (QED) is 0.221. The molecule has 0 bridgehead atoms. The van der Waals surface area contributed by atoms with Crippen LogP contribution in [0.1, 0.15) is 36.0 Å². The number of sulfone groups is 1. The van der Waals surface area contributed by atoms with Crippen molar-refractivity contribution in [3.05, 3.63) is 78.4 Å². The summed E-state index contributed by atoms with van der Waals surface area (Å²) in [5, 5.41) is 0. The van der Waals surface area contributed by atoms with E-state index in [1.165, 1.54) is 0 Å². The molecule has 1 unspecified atom stereocenters. The summed E-state index contributed by atoms with van der Waals surface area (Å²) in [6.07, 6.45) is 5.90. The number of unbranched alkanes of at least 4 members (excludes halogenated alkanes) is 1. The van der Waals surface area contributed by atoms with Crippen molar-refractivity contribution in [3.63, 3.8) is 0 Å². The van der Waals surface area contributed by atoms with Gasteiger partial charge in [-0.1, -0.05) is 48.6 Å². The first kappa shape index (κ1) is 22.2. The number of esters is 1. The second-order valence-corrected chi connectivity index (χ2v) is 8.79. The van der Waals surface area contributed by atoms with E-state index in [1.54, 1.807) is 66.7 Å². The molecule has 0 saturated carbocycles. The average Bonchev–Trinajstić information content (AvgIpc) is 2.72. The van der Waals surface area contributed by atoms with Gasteiger partial charge in [0.1, 0.15) is 6.10 Å². The first-order chi connectivity index (χ1) is 13.5. The fraction of sp³-hybridized carbons (Fsp3) is 0.318. The van der Waals surface area contributed by atoms with Crippen molar-refractivity contribution in [2.75, 3.05) is 11.6 Å². The zero-order chi connectivity index (χ0) is 20.2. The molecule has 150 valence electrons. The Hall–Kier alpha value is -2.11. The molecular formula is C22H25ClO4S. The van der Waals surface area contributed by atoms with E-state index in [4.69, 9.17) is 16.3 Å². The largest absolute Gasteiger partial charge is 0.458 e. The third-order valence-corrected chi connectivity index (χ3v) is 6.07. The van der Waals surface area contributed by atoms with E-state index in [0.717, 1.165) is 12.8 Å². The van der Waals surface area contributed by atoms with Crippen molar-refractivity contribution >= 4 is 27.4 Å². The Morgan fingerprint density at radius 1 is 0.964 bits per heavy atom. The van der Waals surface area contributed by atoms with Crippen LogP contribution in [0, 0.1) is 0 Å². The molecule has 0 aromatic heterocycles. The molecule has 1 atom stereocenters. The van der Waals surface area contributed by atoms with Gasteiger partial charge in [0.25, 0.3) is 0 Å². The van der Waals surface area contributed by atoms with Crippen LogP contribution in [-0.2, 0) is 14.6 Å². The van der Waals surface area contributed by atoms with Crippen molar-refractivity contribution in [2.45, 2.75) is 36.7 Å². The van der Waals surface area contributed by atoms with Gasteiger partial charge in [-0.2, -0.15) is 0 Å². The first-order valence-electron chi connectivity index (χ1n) is 9.28. The van der Waals surface area contributed by atoms with E-state index in [1.807, 2.05) is 6.07 Å². The highest BCUT2D eigenvalue weighted by Gasteiger charge is 2.15. The van der Waals surface area contributed by atoms with E-state index in [0.29, 0.717) is 29.2 Å². The maximum absolute atomic E-state index is 12.3. The molecule has 2 aromatic carbocycles. The van der Waals surface area contributed by atoms with Crippen molar-refractivity contribution in [3.8, 4) is 0 Å². The molecule has 0 amide bonds. The number of rotatable bonds is 11. The van der Waals surface area contributed by atoms with E-state index in [-0.39, 0.29) is 17.8 Å². The lowest BCUT2D eigenvalue weighted by molar-refractivity contribution is 0.0284. The molecule has 0 radical (unpaired) electrons. The van der Waals surface area contributed by atoms with E-state index in [9.17, 15) is 13.2 Å². The topological polar surface area (TPSA) is 60.4 Å². The molecular weight excluding hydrogens is 396 g/mol. The highest BCUT2D eigenvalue weighted by atomic mass is 35.5. The summed E-state index contributed by atoms with van der Waals surface area (Å²) in [4.78, 5) is 12.6. The predicted molar refractivity (Wildman–Crippen MR) is 112 cm³/mol. The number of benzene rings is 2. The number of carbonyl (C=O) groups excluding carboxylic acids is 1. The van der Waals surface area contributed by atoms with Crippen LogP contribution in [0.15, 0.2) is 77.7 Å². The fourth-order valence-electron chi connectivity index (χ4n) is 2.65. The van der Waals surface area contributed by atoms with Gasteiger partial charge in [0, 0.05) is 12.3 Å². The zero-order valence-corrected chi connectivity index (χ0v) is 17.2. The van der Waals surface area contributed by atoms with Crippen LogP contribution in [0.3, 0.4) is 0 Å². The highest BCUT2D eigenvalue weighted by molar-refractivity contribution is 7.91. The Morgan fingerprint density at radius 3 is 2.25 bits per heavy atom. The lowest BCUT2D eigenvalue weighted by Gasteiger charge is -2.16. The van der Waals surface area contributed by atoms with Crippen molar-refractivity contribution in [1.82, 2.24) is 0 Å². The summed E-state index contributed by atoms with van der Waals surface area (Å²) in [6.45, 7) is 0. The van der Waals surface area contributed by atoms with Gasteiger partial charge in [0.15, 0.2) is 9.84 Å². The lowest BCUT2D eigenvalue weighted by Crippen LogP contribution is -2.18. The molecule has 0 N–H and O–H groups in total. The summed E-state index contributed by atoms with van der Waals surface area (Å²) in [5.74, 6) is 0.101. The maximum Gasteiger partial charge on any atom is 0.338 e. The molecule has 0 spiro atoms. The van der Waals surface area contributed by atoms with E-state index < -0.39 is 9.84 Å². The normalized spacial score (nSPS) is 12.8. The third kappa shape index (κ3) is 7.49. The van der Waals surface area contributed by atoms with Gasteiger partial charge in [-0.05, 0) is 43.5 Å². The smallest absolute Gasteiger partial charge is 0.338 e. The molecule has 6 heteroatoms. The maximum atomic E-state index is 12.3. The Morgan fingerprint density at radius 2 is 1.61 bits per heavy atom. The number of hydrogen-bond acceptors (Lipinski definition) is 4. The molecule has 0 aliphatic heterocycles. The van der Waals surface area contributed by atoms with Gasteiger partial charge in [-0.3, -0.25) is 0 Å². The minimum atomic E-state index is -3.36. The molecule has 0 heterocycles. The van der Waals surface area contributed by atoms with Crippen LogP contribution in [-0.4, -0.2) is 32.1 Å². The predicted octanol–water partition coefficient (Wildman–Crippen LogP) is 5.04. The molecule has 2 aromatic rings. The Labute approximate surface area is 172 Å². The van der Waals surface area contributed by atoms with Gasteiger partial charge in [-0.15, -0.1) is 11.6 Å². The average molecular weight is 421 g/mol. The second kappa shape index (κ2) is 11.7. The summed E-state index contributed by atoms with van der Waals surface area (Å²) in [6, 6.07) is 17.2. The summed E-state index contributed by atoms with van der Waals surface area (Å²) >= 11 is 5.73. The molecule has 0 saturated heterocycles. The van der Waals surface area contributed by atoms with Crippen LogP contribution in [0.25, 0.3) is 0 Å². The summed E-state index contributed by atoms with van der Waals surface area (Å²) < 4.78 is 30.2. The standard InChI is InChI=1S/C22H25ClO4S/c23-17-9-7-13-20(27-22(24)19-11-3-1-4-12-19)14-8-10-18-28(25,26)21-15-5-2-6-16-21/h1-6,8,10-12,15-16,20H,7,9,13-14,17-18H2/b10-8+. The lowest BCUT2D eigenvalue weighted by atomic mass is 10.1. The van der Waals surface area contributed by atoms with Gasteiger partial charge in [0.2, 0.25) is 0 Å². The minimum Gasteiger partial charge on any atom is -0.458 e. The van der Waals surface area contributed by atoms with Crippen LogP contribution in [0.2, 0.25) is 0 Å². The third-order valence-electron chi connectivity index (χ3n) is 4.18. The highest BCUT2D eigenvalue weighted by Crippen LogP contribution is 2.15.